The number of likely N-dealkylation sites (tertiary alicyclic amines) is 1. The number of hydrogen-bond acceptors (Lipinski definition) is 5. The molecule has 1 aliphatic heterocycles. The second-order valence-electron chi connectivity index (χ2n) is 8.52. The highest BCUT2D eigenvalue weighted by atomic mass is 16.5. The monoisotopic (exact) mass is 433 g/mol. The van der Waals surface area contributed by atoms with E-state index in [4.69, 9.17) is 4.74 Å². The maximum absolute atomic E-state index is 12.7. The topological polar surface area (TPSA) is 63.5 Å². The minimum Gasteiger partial charge on any atom is -0.490 e. The molecular weight excluding hydrogens is 402 g/mol. The van der Waals surface area contributed by atoms with Crippen LogP contribution in [0.3, 0.4) is 0 Å². The second kappa shape index (κ2) is 10.4. The first-order valence-corrected chi connectivity index (χ1v) is 11.2. The van der Waals surface area contributed by atoms with Crippen LogP contribution < -0.4 is 4.74 Å². The molecule has 2 aromatic carbocycles. The van der Waals surface area contributed by atoms with Gasteiger partial charge in [0.25, 0.3) is 5.91 Å². The maximum Gasteiger partial charge on any atom is 0.253 e. The molecule has 2 heterocycles. The SMILES string of the molecule is Cc1ccc(C(=O)N2CCC(Oc3cccc(CN(C)CCn4cncn4)c3)CC2)cc1. The van der Waals surface area contributed by atoms with Crippen molar-refractivity contribution in [1.29, 1.82) is 0 Å². The van der Waals surface area contributed by atoms with Gasteiger partial charge < -0.3 is 14.5 Å². The van der Waals surface area contributed by atoms with E-state index in [2.05, 4.69) is 34.2 Å². The van der Waals surface area contributed by atoms with Crippen LogP contribution in [0.25, 0.3) is 0 Å². The summed E-state index contributed by atoms with van der Waals surface area (Å²) in [6.07, 6.45) is 5.13. The molecule has 0 atom stereocenters. The Hall–Kier alpha value is -3.19. The van der Waals surface area contributed by atoms with Gasteiger partial charge in [-0.25, -0.2) is 4.98 Å². The maximum atomic E-state index is 12.7. The molecule has 0 bridgehead atoms. The number of rotatable bonds is 8. The molecule has 7 heteroatoms. The zero-order valence-corrected chi connectivity index (χ0v) is 18.9. The standard InChI is InChI=1S/C25H31N5O2/c1-20-6-8-22(9-7-20)25(31)29-12-10-23(11-13-29)32-24-5-3-4-21(16-24)17-28(2)14-15-30-19-26-18-27-30/h3-9,16,18-19,23H,10-15,17H2,1-2H3. The van der Waals surface area contributed by atoms with E-state index >= 15 is 0 Å². The first-order valence-electron chi connectivity index (χ1n) is 11.2. The van der Waals surface area contributed by atoms with Gasteiger partial charge >= 0.3 is 0 Å². The van der Waals surface area contributed by atoms with Gasteiger partial charge in [-0.3, -0.25) is 9.48 Å². The van der Waals surface area contributed by atoms with Gasteiger partial charge in [0.1, 0.15) is 24.5 Å². The van der Waals surface area contributed by atoms with Crippen molar-refractivity contribution in [3.63, 3.8) is 0 Å². The molecule has 1 saturated heterocycles. The van der Waals surface area contributed by atoms with Crippen molar-refractivity contribution in [3.05, 3.63) is 77.9 Å². The quantitative estimate of drug-likeness (QED) is 0.545. The summed E-state index contributed by atoms with van der Waals surface area (Å²) in [4.78, 5) is 20.9. The largest absolute Gasteiger partial charge is 0.490 e. The van der Waals surface area contributed by atoms with Gasteiger partial charge in [0.2, 0.25) is 0 Å². The molecule has 1 fully saturated rings. The number of aryl methyl sites for hydroxylation is 1. The number of ether oxygens (including phenoxy) is 1. The number of piperidine rings is 1. The normalized spacial score (nSPS) is 14.7. The van der Waals surface area contributed by atoms with E-state index in [1.165, 1.54) is 5.56 Å². The van der Waals surface area contributed by atoms with Gasteiger partial charge in [0.05, 0.1) is 6.54 Å². The number of carbonyl (C=O) groups is 1. The summed E-state index contributed by atoms with van der Waals surface area (Å²) in [6.45, 7) is 6.02. The highest BCUT2D eigenvalue weighted by Gasteiger charge is 2.24. The highest BCUT2D eigenvalue weighted by Crippen LogP contribution is 2.22. The zero-order valence-electron chi connectivity index (χ0n) is 18.9. The van der Waals surface area contributed by atoms with Crippen molar-refractivity contribution in [2.45, 2.75) is 39.0 Å². The molecule has 1 aliphatic rings. The predicted molar refractivity (Wildman–Crippen MR) is 124 cm³/mol. The summed E-state index contributed by atoms with van der Waals surface area (Å²) in [7, 11) is 2.10. The summed E-state index contributed by atoms with van der Waals surface area (Å²) < 4.78 is 8.11. The smallest absolute Gasteiger partial charge is 0.253 e. The van der Waals surface area contributed by atoms with Crippen LogP contribution in [-0.2, 0) is 13.1 Å². The average Bonchev–Trinajstić information content (AvgIpc) is 3.32. The Morgan fingerprint density at radius 1 is 1.16 bits per heavy atom. The van der Waals surface area contributed by atoms with Crippen LogP contribution >= 0.6 is 0 Å². The van der Waals surface area contributed by atoms with Crippen LogP contribution in [0.5, 0.6) is 5.75 Å². The fraction of sp³-hybridized carbons (Fsp3) is 0.400. The summed E-state index contributed by atoms with van der Waals surface area (Å²) in [5.41, 5.74) is 3.14. The number of aromatic nitrogens is 3. The molecule has 0 aliphatic carbocycles. The van der Waals surface area contributed by atoms with Crippen LogP contribution in [0.2, 0.25) is 0 Å². The lowest BCUT2D eigenvalue weighted by atomic mass is 10.1. The molecular formula is C25H31N5O2. The Bertz CT molecular complexity index is 995. The Kier molecular flexibility index (Phi) is 7.17. The fourth-order valence-electron chi connectivity index (χ4n) is 3.98. The van der Waals surface area contributed by atoms with Crippen molar-refractivity contribution in [2.24, 2.45) is 0 Å². The summed E-state index contributed by atoms with van der Waals surface area (Å²) >= 11 is 0. The minimum absolute atomic E-state index is 0.111. The lowest BCUT2D eigenvalue weighted by molar-refractivity contribution is 0.0595. The van der Waals surface area contributed by atoms with E-state index in [9.17, 15) is 4.79 Å². The van der Waals surface area contributed by atoms with Gasteiger partial charge in [-0.1, -0.05) is 29.8 Å². The van der Waals surface area contributed by atoms with Crippen molar-refractivity contribution in [3.8, 4) is 5.75 Å². The van der Waals surface area contributed by atoms with Crippen molar-refractivity contribution >= 4 is 5.91 Å². The minimum atomic E-state index is 0.111. The third kappa shape index (κ3) is 5.95. The molecule has 0 radical (unpaired) electrons. The van der Waals surface area contributed by atoms with E-state index in [1.807, 2.05) is 52.9 Å². The lowest BCUT2D eigenvalue weighted by Gasteiger charge is -2.32. The molecule has 0 spiro atoms. The van der Waals surface area contributed by atoms with E-state index in [-0.39, 0.29) is 12.0 Å². The van der Waals surface area contributed by atoms with E-state index in [0.29, 0.717) is 0 Å². The Balaban J connectivity index is 1.25. The molecule has 1 aromatic heterocycles. The number of carbonyl (C=O) groups excluding carboxylic acids is 1. The first-order chi connectivity index (χ1) is 15.6. The highest BCUT2D eigenvalue weighted by molar-refractivity contribution is 5.94. The summed E-state index contributed by atoms with van der Waals surface area (Å²) in [5.74, 6) is 1.01. The molecule has 168 valence electrons. The first kappa shape index (κ1) is 22.0. The predicted octanol–water partition coefficient (Wildman–Crippen LogP) is 3.40. The van der Waals surface area contributed by atoms with Gasteiger partial charge in [-0.05, 0) is 43.8 Å². The van der Waals surface area contributed by atoms with Crippen LogP contribution in [0, 0.1) is 6.92 Å². The van der Waals surface area contributed by atoms with Crippen molar-refractivity contribution < 1.29 is 9.53 Å². The molecule has 0 unspecified atom stereocenters. The van der Waals surface area contributed by atoms with Crippen LogP contribution in [0.15, 0.2) is 61.2 Å². The Morgan fingerprint density at radius 2 is 1.94 bits per heavy atom. The lowest BCUT2D eigenvalue weighted by Crippen LogP contribution is -2.41. The summed E-state index contributed by atoms with van der Waals surface area (Å²) in [5, 5.41) is 4.15. The van der Waals surface area contributed by atoms with E-state index < -0.39 is 0 Å². The van der Waals surface area contributed by atoms with Crippen molar-refractivity contribution in [1.82, 2.24) is 24.6 Å². The number of benzene rings is 2. The number of likely N-dealkylation sites (N-methyl/N-ethyl adjacent to an activating group) is 1. The third-order valence-electron chi connectivity index (χ3n) is 5.86. The molecule has 4 rings (SSSR count). The van der Waals surface area contributed by atoms with Crippen LogP contribution in [-0.4, -0.2) is 63.3 Å². The third-order valence-corrected chi connectivity index (χ3v) is 5.86. The average molecular weight is 434 g/mol. The Labute approximate surface area is 189 Å². The molecule has 0 N–H and O–H groups in total. The van der Waals surface area contributed by atoms with Crippen LogP contribution in [0.4, 0.5) is 0 Å². The van der Waals surface area contributed by atoms with E-state index in [1.54, 1.807) is 12.7 Å². The van der Waals surface area contributed by atoms with E-state index in [0.717, 1.165) is 62.4 Å². The second-order valence-corrected chi connectivity index (χ2v) is 8.52. The Morgan fingerprint density at radius 3 is 2.66 bits per heavy atom. The zero-order chi connectivity index (χ0) is 22.3. The fourth-order valence-corrected chi connectivity index (χ4v) is 3.98. The summed E-state index contributed by atoms with van der Waals surface area (Å²) in [6, 6.07) is 16.1. The molecule has 1 amide bonds. The molecule has 3 aromatic rings. The van der Waals surface area contributed by atoms with Gasteiger partial charge in [-0.2, -0.15) is 5.10 Å². The van der Waals surface area contributed by atoms with Gasteiger partial charge in [-0.15, -0.1) is 0 Å². The number of nitrogens with zero attached hydrogens (tertiary/aromatic N) is 5. The molecule has 32 heavy (non-hydrogen) atoms. The molecule has 7 nitrogen and oxygen atoms in total. The van der Waals surface area contributed by atoms with Gasteiger partial charge in [0, 0.05) is 44.6 Å². The van der Waals surface area contributed by atoms with Gasteiger partial charge in [0.15, 0.2) is 0 Å². The van der Waals surface area contributed by atoms with Crippen LogP contribution in [0.1, 0.15) is 34.3 Å². The van der Waals surface area contributed by atoms with Crippen molar-refractivity contribution in [2.75, 3.05) is 26.7 Å². The number of amides is 1. The molecule has 0 saturated carbocycles. The number of hydrogen-bond donors (Lipinski definition) is 0.